The Balaban J connectivity index is 1.89. The van der Waals surface area contributed by atoms with Gasteiger partial charge in [0.1, 0.15) is 5.56 Å². The Kier molecular flexibility index (Phi) is 5.46. The highest BCUT2D eigenvalue weighted by atomic mass is 32.2. The highest BCUT2D eigenvalue weighted by Crippen LogP contribution is 2.50. The van der Waals surface area contributed by atoms with Crippen molar-refractivity contribution in [1.82, 2.24) is 4.57 Å². The zero-order valence-electron chi connectivity index (χ0n) is 17.7. The average Bonchev–Trinajstić information content (AvgIpc) is 2.70. The molecule has 33 heavy (non-hydrogen) atoms. The Labute approximate surface area is 187 Å². The van der Waals surface area contributed by atoms with Crippen LogP contribution in [-0.4, -0.2) is 38.2 Å². The van der Waals surface area contributed by atoms with Gasteiger partial charge in [0.15, 0.2) is 16.9 Å². The maximum absolute atomic E-state index is 12.9. The van der Waals surface area contributed by atoms with E-state index in [-0.39, 0.29) is 17.9 Å². The summed E-state index contributed by atoms with van der Waals surface area (Å²) in [6.07, 6.45) is 4.08. The number of benzene rings is 1. The molecule has 1 saturated carbocycles. The number of ether oxygens (including phenoxy) is 2. The number of halogens is 3. The third kappa shape index (κ3) is 3.75. The van der Waals surface area contributed by atoms with E-state index >= 15 is 0 Å². The van der Waals surface area contributed by atoms with Crippen molar-refractivity contribution in [3.8, 4) is 22.8 Å². The first kappa shape index (κ1) is 23.1. The third-order valence-electron chi connectivity index (χ3n) is 6.01. The lowest BCUT2D eigenvalue weighted by Crippen LogP contribution is -2.46. The number of carbonyl (C=O) groups is 1. The number of hydrogen-bond donors (Lipinski definition) is 0. The summed E-state index contributed by atoms with van der Waals surface area (Å²) in [4.78, 5) is 24.9. The molecular formula is C21H20F3NO7S. The average molecular weight is 487 g/mol. The first-order valence-corrected chi connectivity index (χ1v) is 11.5. The SMILES string of the molecule is CCOC(=O)c1cn2c(cc1=O)-c1cc(OC)c(OS(=O)(=O)C(F)(F)F)cc1CC21CCC1. The number of alkyl halides is 3. The molecule has 2 heterocycles. The van der Waals surface area contributed by atoms with E-state index in [2.05, 4.69) is 4.18 Å². The van der Waals surface area contributed by atoms with E-state index in [1.165, 1.54) is 24.4 Å². The van der Waals surface area contributed by atoms with Crippen molar-refractivity contribution in [3.05, 3.63) is 45.7 Å². The predicted molar refractivity (Wildman–Crippen MR) is 110 cm³/mol. The summed E-state index contributed by atoms with van der Waals surface area (Å²) in [5.74, 6) is -1.58. The van der Waals surface area contributed by atoms with E-state index in [1.54, 1.807) is 6.92 Å². The van der Waals surface area contributed by atoms with Crippen molar-refractivity contribution in [2.45, 2.75) is 43.7 Å². The first-order chi connectivity index (χ1) is 15.4. The number of hydrogen-bond acceptors (Lipinski definition) is 7. The lowest BCUT2D eigenvalue weighted by atomic mass is 9.69. The van der Waals surface area contributed by atoms with Gasteiger partial charge in [-0.1, -0.05) is 0 Å². The van der Waals surface area contributed by atoms with Crippen LogP contribution in [0.1, 0.15) is 42.1 Å². The van der Waals surface area contributed by atoms with Crippen LogP contribution in [0.4, 0.5) is 13.2 Å². The van der Waals surface area contributed by atoms with E-state index in [4.69, 9.17) is 9.47 Å². The maximum atomic E-state index is 12.9. The van der Waals surface area contributed by atoms with Crippen LogP contribution in [0.25, 0.3) is 11.3 Å². The molecule has 1 aliphatic carbocycles. The van der Waals surface area contributed by atoms with Crippen LogP contribution in [0.15, 0.2) is 29.2 Å². The Hall–Kier alpha value is -3.02. The molecule has 178 valence electrons. The number of rotatable bonds is 5. The van der Waals surface area contributed by atoms with Gasteiger partial charge in [-0.05, 0) is 50.3 Å². The second kappa shape index (κ2) is 7.79. The number of aromatic nitrogens is 1. The van der Waals surface area contributed by atoms with Crippen molar-refractivity contribution in [3.63, 3.8) is 0 Å². The van der Waals surface area contributed by atoms with E-state index in [1.807, 2.05) is 4.57 Å². The number of fused-ring (bicyclic) bond motifs is 4. The summed E-state index contributed by atoms with van der Waals surface area (Å²) in [6.45, 7) is 1.73. The Morgan fingerprint density at radius 3 is 2.42 bits per heavy atom. The van der Waals surface area contributed by atoms with Crippen LogP contribution in [0, 0.1) is 0 Å². The molecule has 4 rings (SSSR count). The minimum absolute atomic E-state index is 0.106. The van der Waals surface area contributed by atoms with Gasteiger partial charge in [0.2, 0.25) is 0 Å². The van der Waals surface area contributed by atoms with Crippen LogP contribution >= 0.6 is 0 Å². The van der Waals surface area contributed by atoms with E-state index in [0.717, 1.165) is 13.5 Å². The monoisotopic (exact) mass is 487 g/mol. The zero-order chi connectivity index (χ0) is 24.2. The van der Waals surface area contributed by atoms with Gasteiger partial charge >= 0.3 is 21.6 Å². The molecule has 1 aromatic carbocycles. The Bertz CT molecular complexity index is 1290. The fraction of sp³-hybridized carbons (Fsp3) is 0.429. The van der Waals surface area contributed by atoms with Gasteiger partial charge in [-0.15, -0.1) is 0 Å². The van der Waals surface area contributed by atoms with Crippen molar-refractivity contribution in [2.75, 3.05) is 13.7 Å². The minimum Gasteiger partial charge on any atom is -0.493 e. The molecule has 2 aromatic rings. The summed E-state index contributed by atoms with van der Waals surface area (Å²) in [5, 5.41) is 0. The molecule has 1 aliphatic heterocycles. The molecule has 8 nitrogen and oxygen atoms in total. The number of esters is 1. The quantitative estimate of drug-likeness (QED) is 0.362. The summed E-state index contributed by atoms with van der Waals surface area (Å²) >= 11 is 0. The second-order valence-corrected chi connectivity index (χ2v) is 9.46. The van der Waals surface area contributed by atoms with Gasteiger partial charge in [-0.2, -0.15) is 21.6 Å². The molecule has 0 unspecified atom stereocenters. The molecule has 1 aromatic heterocycles. The second-order valence-electron chi connectivity index (χ2n) is 7.93. The number of carbonyl (C=O) groups excluding carboxylic acids is 1. The number of pyridine rings is 1. The summed E-state index contributed by atoms with van der Waals surface area (Å²) in [6, 6.07) is 3.80. The minimum atomic E-state index is -5.90. The molecule has 0 saturated heterocycles. The lowest BCUT2D eigenvalue weighted by molar-refractivity contribution is -0.0500. The lowest BCUT2D eigenvalue weighted by Gasteiger charge is -2.48. The third-order valence-corrected chi connectivity index (χ3v) is 6.98. The molecule has 0 amide bonds. The number of nitrogens with zero attached hydrogens (tertiary/aromatic N) is 1. The van der Waals surface area contributed by atoms with Crippen LogP contribution in [0.5, 0.6) is 11.5 Å². The highest BCUT2D eigenvalue weighted by molar-refractivity contribution is 7.88. The molecular weight excluding hydrogens is 467 g/mol. The van der Waals surface area contributed by atoms with E-state index < -0.39 is 38.3 Å². The Morgan fingerprint density at radius 1 is 1.18 bits per heavy atom. The maximum Gasteiger partial charge on any atom is 0.534 e. The van der Waals surface area contributed by atoms with Gasteiger partial charge in [-0.25, -0.2) is 4.79 Å². The fourth-order valence-corrected chi connectivity index (χ4v) is 4.78. The topological polar surface area (TPSA) is 101 Å². The largest absolute Gasteiger partial charge is 0.534 e. The van der Waals surface area contributed by atoms with Crippen LogP contribution in [0.3, 0.4) is 0 Å². The van der Waals surface area contributed by atoms with Gasteiger partial charge in [0.05, 0.1) is 19.4 Å². The van der Waals surface area contributed by atoms with Gasteiger partial charge < -0.3 is 18.2 Å². The highest BCUT2D eigenvalue weighted by Gasteiger charge is 2.49. The standard InChI is InChI=1S/C21H20F3NO7S/c1-3-31-19(27)14-11-25-15(9-16(14)26)13-8-17(30-2)18(32-33(28,29)21(22,23)24)7-12(13)10-20(25)5-4-6-20/h7-9,11H,3-6,10H2,1-2H3. The molecule has 0 atom stereocenters. The molecule has 0 radical (unpaired) electrons. The van der Waals surface area contributed by atoms with Crippen molar-refractivity contribution in [1.29, 1.82) is 0 Å². The van der Waals surface area contributed by atoms with Gasteiger partial charge in [0, 0.05) is 23.4 Å². The van der Waals surface area contributed by atoms with E-state index in [0.29, 0.717) is 36.1 Å². The van der Waals surface area contributed by atoms with Crippen molar-refractivity contribution < 1.29 is 40.0 Å². The van der Waals surface area contributed by atoms with Gasteiger partial charge in [0.25, 0.3) is 0 Å². The van der Waals surface area contributed by atoms with E-state index in [9.17, 15) is 31.2 Å². The molecule has 2 aliphatic rings. The molecule has 12 heteroatoms. The normalized spacial score (nSPS) is 16.4. The van der Waals surface area contributed by atoms with Crippen molar-refractivity contribution in [2.24, 2.45) is 0 Å². The molecule has 0 bridgehead atoms. The Morgan fingerprint density at radius 2 is 1.88 bits per heavy atom. The molecule has 1 spiro atoms. The van der Waals surface area contributed by atoms with Crippen LogP contribution in [-0.2, 0) is 26.8 Å². The summed E-state index contributed by atoms with van der Waals surface area (Å²) in [5.41, 5.74) is -5.38. The fourth-order valence-electron chi connectivity index (χ4n) is 4.31. The van der Waals surface area contributed by atoms with Crippen LogP contribution in [0.2, 0.25) is 0 Å². The predicted octanol–water partition coefficient (Wildman–Crippen LogP) is 3.36. The molecule has 1 fully saturated rings. The smallest absolute Gasteiger partial charge is 0.493 e. The summed E-state index contributed by atoms with van der Waals surface area (Å²) < 4.78 is 77.9. The zero-order valence-corrected chi connectivity index (χ0v) is 18.5. The van der Waals surface area contributed by atoms with Crippen molar-refractivity contribution >= 4 is 16.1 Å². The number of methoxy groups -OCH3 is 1. The van der Waals surface area contributed by atoms with Gasteiger partial charge in [-0.3, -0.25) is 4.79 Å². The first-order valence-electron chi connectivity index (χ1n) is 10.1. The molecule has 0 N–H and O–H groups in total. The summed E-state index contributed by atoms with van der Waals surface area (Å²) in [7, 11) is -4.75. The van der Waals surface area contributed by atoms with Crippen LogP contribution < -0.4 is 14.3 Å².